The Balaban J connectivity index is 2.25. The second-order valence-electron chi connectivity index (χ2n) is 6.17. The highest BCUT2D eigenvalue weighted by atomic mass is 32.1. The van der Waals surface area contributed by atoms with Crippen LogP contribution >= 0.6 is 12.2 Å². The minimum Gasteiger partial charge on any atom is -0.463 e. The van der Waals surface area contributed by atoms with E-state index < -0.39 is 29.4 Å². The fourth-order valence-electron chi connectivity index (χ4n) is 2.93. The monoisotopic (exact) mass is 402 g/mol. The Morgan fingerprint density at radius 3 is 2.39 bits per heavy atom. The third kappa shape index (κ3) is 3.77. The molecule has 0 radical (unpaired) electrons. The number of carbonyl (C=O) groups excluding carboxylic acids is 2. The molecule has 0 spiro atoms. The molecule has 2 aromatic rings. The average molecular weight is 402 g/mol. The highest BCUT2D eigenvalue weighted by Gasteiger charge is 2.36. The van der Waals surface area contributed by atoms with Gasteiger partial charge in [-0.25, -0.2) is 13.6 Å². The molecule has 1 heterocycles. The Kier molecular flexibility index (Phi) is 5.51. The molecule has 1 atom stereocenters. The molecule has 1 aliphatic rings. The summed E-state index contributed by atoms with van der Waals surface area (Å²) in [4.78, 5) is 24.8. The summed E-state index contributed by atoms with van der Waals surface area (Å²) in [6.45, 7) is 1.90. The zero-order valence-electron chi connectivity index (χ0n) is 15.0. The van der Waals surface area contributed by atoms with Gasteiger partial charge in [-0.1, -0.05) is 35.9 Å². The molecular weight excluding hydrogens is 386 g/mol. The molecule has 28 heavy (non-hydrogen) atoms. The van der Waals surface area contributed by atoms with Crippen molar-refractivity contribution in [1.29, 1.82) is 0 Å². The third-order valence-corrected chi connectivity index (χ3v) is 4.52. The molecule has 0 unspecified atom stereocenters. The third-order valence-electron chi connectivity index (χ3n) is 4.30. The van der Waals surface area contributed by atoms with Crippen molar-refractivity contribution in [3.63, 3.8) is 0 Å². The number of Topliss-reactive ketones (excluding diaryl/α,β-unsaturated/α-hetero) is 1. The molecule has 3 rings (SSSR count). The minimum absolute atomic E-state index is 0.0258. The molecule has 144 valence electrons. The number of benzene rings is 2. The molecule has 1 aliphatic heterocycles. The van der Waals surface area contributed by atoms with Gasteiger partial charge >= 0.3 is 5.97 Å². The molecule has 2 aromatic carbocycles. The lowest BCUT2D eigenvalue weighted by atomic mass is 9.89. The molecule has 2 N–H and O–H groups in total. The standard InChI is InChI=1S/C20H16F2N2O3S/c1-10-3-5-11(6-4-10)16-15(18(25)19(26)27-2)17(24-20(28)23-16)13-8-7-12(21)9-14(13)22/h3-9,17H,1-2H3,(H2,23,24,28)/t17-/m0/s1. The largest absolute Gasteiger partial charge is 0.463 e. The highest BCUT2D eigenvalue weighted by Crippen LogP contribution is 2.33. The van der Waals surface area contributed by atoms with Crippen LogP contribution in [0.15, 0.2) is 48.0 Å². The van der Waals surface area contributed by atoms with Crippen molar-refractivity contribution >= 4 is 34.8 Å². The van der Waals surface area contributed by atoms with Crippen molar-refractivity contribution in [2.45, 2.75) is 13.0 Å². The Hall–Kier alpha value is -3.13. The van der Waals surface area contributed by atoms with Gasteiger partial charge in [0.2, 0.25) is 0 Å². The number of ether oxygens (including phenoxy) is 1. The van der Waals surface area contributed by atoms with Gasteiger partial charge in [-0.3, -0.25) is 4.79 Å². The lowest BCUT2D eigenvalue weighted by Gasteiger charge is -2.31. The number of aryl methyl sites for hydroxylation is 1. The number of rotatable bonds is 4. The molecule has 5 nitrogen and oxygen atoms in total. The maximum Gasteiger partial charge on any atom is 0.379 e. The first-order valence-corrected chi connectivity index (χ1v) is 8.69. The minimum atomic E-state index is -1.11. The maximum absolute atomic E-state index is 14.5. The van der Waals surface area contributed by atoms with Gasteiger partial charge in [0, 0.05) is 11.6 Å². The van der Waals surface area contributed by atoms with Gasteiger partial charge in [-0.15, -0.1) is 0 Å². The first-order chi connectivity index (χ1) is 13.3. The topological polar surface area (TPSA) is 67.4 Å². The molecule has 0 saturated carbocycles. The number of carbonyl (C=O) groups is 2. The second kappa shape index (κ2) is 7.85. The number of methoxy groups -OCH3 is 1. The van der Waals surface area contributed by atoms with E-state index in [0.717, 1.165) is 18.7 Å². The van der Waals surface area contributed by atoms with Crippen LogP contribution < -0.4 is 10.6 Å². The van der Waals surface area contributed by atoms with E-state index in [4.69, 9.17) is 12.2 Å². The van der Waals surface area contributed by atoms with Gasteiger partial charge in [0.1, 0.15) is 11.6 Å². The number of halogens is 2. The molecule has 0 amide bonds. The Morgan fingerprint density at radius 1 is 1.11 bits per heavy atom. The van der Waals surface area contributed by atoms with E-state index in [1.54, 1.807) is 12.1 Å². The van der Waals surface area contributed by atoms with E-state index in [9.17, 15) is 18.4 Å². The molecular formula is C20H16F2N2O3S. The van der Waals surface area contributed by atoms with Crippen LogP contribution in [0.4, 0.5) is 8.78 Å². The van der Waals surface area contributed by atoms with Gasteiger partial charge in [0.25, 0.3) is 5.78 Å². The van der Waals surface area contributed by atoms with Crippen molar-refractivity contribution in [2.24, 2.45) is 0 Å². The summed E-state index contributed by atoms with van der Waals surface area (Å²) < 4.78 is 32.4. The first kappa shape index (κ1) is 19.6. The van der Waals surface area contributed by atoms with E-state index in [2.05, 4.69) is 15.4 Å². The summed E-state index contributed by atoms with van der Waals surface area (Å²) in [6, 6.07) is 9.00. The summed E-state index contributed by atoms with van der Waals surface area (Å²) in [5, 5.41) is 5.78. The molecule has 0 bridgehead atoms. The Labute approximate surface area is 165 Å². The number of esters is 1. The van der Waals surface area contributed by atoms with E-state index in [0.29, 0.717) is 11.6 Å². The average Bonchev–Trinajstić information content (AvgIpc) is 2.66. The van der Waals surface area contributed by atoms with Crippen molar-refractivity contribution in [3.05, 3.63) is 76.4 Å². The van der Waals surface area contributed by atoms with Gasteiger partial charge < -0.3 is 15.4 Å². The van der Waals surface area contributed by atoms with E-state index >= 15 is 0 Å². The summed E-state index contributed by atoms with van der Waals surface area (Å²) in [5.41, 5.74) is 1.72. The van der Waals surface area contributed by atoms with Crippen molar-refractivity contribution in [1.82, 2.24) is 10.6 Å². The highest BCUT2D eigenvalue weighted by molar-refractivity contribution is 7.80. The number of hydrogen-bond acceptors (Lipinski definition) is 4. The lowest BCUT2D eigenvalue weighted by Crippen LogP contribution is -2.46. The molecule has 0 aromatic heterocycles. The molecule has 0 fully saturated rings. The summed E-state index contributed by atoms with van der Waals surface area (Å²) in [6.07, 6.45) is 0. The van der Waals surface area contributed by atoms with E-state index in [-0.39, 0.29) is 21.9 Å². The molecule has 8 heteroatoms. The van der Waals surface area contributed by atoms with Gasteiger partial charge in [-0.05, 0) is 30.8 Å². The van der Waals surface area contributed by atoms with Crippen LogP contribution in [0.25, 0.3) is 5.70 Å². The van der Waals surface area contributed by atoms with Crippen LogP contribution in [0.2, 0.25) is 0 Å². The fraction of sp³-hybridized carbons (Fsp3) is 0.150. The zero-order valence-corrected chi connectivity index (χ0v) is 15.8. The smallest absolute Gasteiger partial charge is 0.379 e. The second-order valence-corrected chi connectivity index (χ2v) is 6.58. The van der Waals surface area contributed by atoms with Crippen molar-refractivity contribution in [2.75, 3.05) is 7.11 Å². The van der Waals surface area contributed by atoms with Crippen molar-refractivity contribution < 1.29 is 23.1 Å². The van der Waals surface area contributed by atoms with Crippen LogP contribution in [0.5, 0.6) is 0 Å². The van der Waals surface area contributed by atoms with Gasteiger partial charge in [0.05, 0.1) is 24.4 Å². The number of thiocarbonyl (C=S) groups is 1. The van der Waals surface area contributed by atoms with Crippen LogP contribution in [-0.2, 0) is 14.3 Å². The molecule has 0 aliphatic carbocycles. The normalized spacial score (nSPS) is 16.3. The Bertz CT molecular complexity index is 1000. The maximum atomic E-state index is 14.5. The number of hydrogen-bond donors (Lipinski definition) is 2. The van der Waals surface area contributed by atoms with Crippen molar-refractivity contribution in [3.8, 4) is 0 Å². The SMILES string of the molecule is COC(=O)C(=O)C1=C(c2ccc(C)cc2)NC(=S)N[C@H]1c1ccc(F)cc1F. The zero-order chi connectivity index (χ0) is 20.4. The first-order valence-electron chi connectivity index (χ1n) is 8.28. The predicted octanol–water partition coefficient (Wildman–Crippen LogP) is 2.95. The van der Waals surface area contributed by atoms with Crippen LogP contribution in [0.1, 0.15) is 22.7 Å². The van der Waals surface area contributed by atoms with Crippen LogP contribution in [-0.4, -0.2) is 24.0 Å². The van der Waals surface area contributed by atoms with Gasteiger partial charge in [0.15, 0.2) is 5.11 Å². The predicted molar refractivity (Wildman–Crippen MR) is 103 cm³/mol. The Morgan fingerprint density at radius 2 is 1.79 bits per heavy atom. The van der Waals surface area contributed by atoms with Crippen LogP contribution in [0.3, 0.4) is 0 Å². The quantitative estimate of drug-likeness (QED) is 0.466. The summed E-state index contributed by atoms with van der Waals surface area (Å²) in [5.74, 6) is -3.71. The number of ketones is 1. The van der Waals surface area contributed by atoms with E-state index in [1.807, 2.05) is 19.1 Å². The lowest BCUT2D eigenvalue weighted by molar-refractivity contribution is -0.150. The van der Waals surface area contributed by atoms with E-state index in [1.165, 1.54) is 6.07 Å². The summed E-state index contributed by atoms with van der Waals surface area (Å²) in [7, 11) is 1.08. The number of nitrogens with one attached hydrogen (secondary N) is 2. The molecule has 0 saturated heterocycles. The fourth-order valence-corrected chi connectivity index (χ4v) is 3.15. The van der Waals surface area contributed by atoms with Gasteiger partial charge in [-0.2, -0.15) is 0 Å². The summed E-state index contributed by atoms with van der Waals surface area (Å²) >= 11 is 5.21. The van der Waals surface area contributed by atoms with Crippen LogP contribution in [0, 0.1) is 18.6 Å².